The van der Waals surface area contributed by atoms with Crippen molar-refractivity contribution in [1.82, 2.24) is 15.1 Å². The van der Waals surface area contributed by atoms with Crippen LogP contribution in [0.4, 0.5) is 4.39 Å². The monoisotopic (exact) mass is 409 g/mol. The zero-order valence-electron chi connectivity index (χ0n) is 16.8. The number of amides is 1. The minimum absolute atomic E-state index is 0.0746. The van der Waals surface area contributed by atoms with Crippen LogP contribution in [0.15, 0.2) is 18.2 Å². The molecule has 0 aromatic heterocycles. The first-order valence-corrected chi connectivity index (χ1v) is 11.2. The van der Waals surface area contributed by atoms with E-state index in [2.05, 4.69) is 15.1 Å². The third-order valence-electron chi connectivity index (χ3n) is 6.05. The molecule has 0 aliphatic carbocycles. The number of carbonyl (C=O) groups is 1. The van der Waals surface area contributed by atoms with Crippen molar-refractivity contribution in [3.63, 3.8) is 0 Å². The van der Waals surface area contributed by atoms with Crippen LogP contribution in [0.1, 0.15) is 50.5 Å². The lowest BCUT2D eigenvalue weighted by atomic mass is 9.95. The molecule has 3 rings (SSSR count). The Labute approximate surface area is 173 Å². The Bertz CT molecular complexity index is 606. The highest BCUT2D eigenvalue weighted by atomic mass is 35.5. The Morgan fingerprint density at radius 1 is 1.07 bits per heavy atom. The van der Waals surface area contributed by atoms with Crippen LogP contribution in [0, 0.1) is 11.7 Å². The molecule has 0 radical (unpaired) electrons. The molecule has 28 heavy (non-hydrogen) atoms. The van der Waals surface area contributed by atoms with Crippen LogP contribution in [0.2, 0.25) is 5.02 Å². The molecule has 6 heteroatoms. The Kier molecular flexibility index (Phi) is 8.56. The van der Waals surface area contributed by atoms with E-state index in [1.165, 1.54) is 44.8 Å². The zero-order valence-corrected chi connectivity index (χ0v) is 17.5. The number of nitrogens with zero attached hydrogens (tertiary/aromatic N) is 2. The summed E-state index contributed by atoms with van der Waals surface area (Å²) in [7, 11) is 0. The molecule has 0 saturated carbocycles. The summed E-state index contributed by atoms with van der Waals surface area (Å²) in [5.41, 5.74) is 0.556. The summed E-state index contributed by atoms with van der Waals surface area (Å²) < 4.78 is 14.0. The Morgan fingerprint density at radius 2 is 1.79 bits per heavy atom. The van der Waals surface area contributed by atoms with Crippen LogP contribution in [0.5, 0.6) is 0 Å². The lowest BCUT2D eigenvalue weighted by molar-refractivity contribution is -0.126. The van der Waals surface area contributed by atoms with E-state index in [1.54, 1.807) is 12.1 Å². The Morgan fingerprint density at radius 3 is 2.46 bits per heavy atom. The van der Waals surface area contributed by atoms with Crippen LogP contribution in [-0.2, 0) is 11.3 Å². The number of hydrogen-bond acceptors (Lipinski definition) is 3. The molecule has 156 valence electrons. The second-order valence-electron chi connectivity index (χ2n) is 8.15. The van der Waals surface area contributed by atoms with E-state index in [9.17, 15) is 9.18 Å². The van der Waals surface area contributed by atoms with E-state index in [1.807, 2.05) is 0 Å². The Balaban J connectivity index is 1.33. The quantitative estimate of drug-likeness (QED) is 0.689. The van der Waals surface area contributed by atoms with Crippen LogP contribution in [-0.4, -0.2) is 55.0 Å². The van der Waals surface area contributed by atoms with Gasteiger partial charge in [-0.15, -0.1) is 0 Å². The summed E-state index contributed by atoms with van der Waals surface area (Å²) >= 11 is 6.13. The van der Waals surface area contributed by atoms with E-state index in [0.717, 1.165) is 45.4 Å². The topological polar surface area (TPSA) is 35.6 Å². The fraction of sp³-hybridized carbons (Fsp3) is 0.682. The fourth-order valence-corrected chi connectivity index (χ4v) is 4.50. The SMILES string of the molecule is O=C(NCCCN1CCCCCC1)C1CCN(Cc2c(F)cccc2Cl)CC1. The molecular weight excluding hydrogens is 377 g/mol. The minimum Gasteiger partial charge on any atom is -0.356 e. The van der Waals surface area contributed by atoms with Crippen molar-refractivity contribution in [2.75, 3.05) is 39.3 Å². The minimum atomic E-state index is -0.253. The Hall–Kier alpha value is -1.17. The largest absolute Gasteiger partial charge is 0.356 e. The molecule has 4 nitrogen and oxygen atoms in total. The van der Waals surface area contributed by atoms with Gasteiger partial charge in [-0.3, -0.25) is 9.69 Å². The highest BCUT2D eigenvalue weighted by molar-refractivity contribution is 6.31. The first-order valence-electron chi connectivity index (χ1n) is 10.8. The van der Waals surface area contributed by atoms with Crippen molar-refractivity contribution in [2.24, 2.45) is 5.92 Å². The van der Waals surface area contributed by atoms with Gasteiger partial charge < -0.3 is 10.2 Å². The van der Waals surface area contributed by atoms with Crippen molar-refractivity contribution < 1.29 is 9.18 Å². The molecule has 1 aromatic rings. The van der Waals surface area contributed by atoms with Crippen molar-refractivity contribution in [1.29, 1.82) is 0 Å². The number of hydrogen-bond donors (Lipinski definition) is 1. The van der Waals surface area contributed by atoms with Gasteiger partial charge >= 0.3 is 0 Å². The number of carbonyl (C=O) groups excluding carboxylic acids is 1. The second-order valence-corrected chi connectivity index (χ2v) is 8.56. The van der Waals surface area contributed by atoms with Crippen molar-refractivity contribution in [3.8, 4) is 0 Å². The van der Waals surface area contributed by atoms with Gasteiger partial charge in [0.2, 0.25) is 5.91 Å². The van der Waals surface area contributed by atoms with Gasteiger partial charge in [0.05, 0.1) is 0 Å². The van der Waals surface area contributed by atoms with Crippen LogP contribution in [0.3, 0.4) is 0 Å². The molecule has 1 aromatic carbocycles. The smallest absolute Gasteiger partial charge is 0.223 e. The highest BCUT2D eigenvalue weighted by Gasteiger charge is 2.25. The molecule has 1 N–H and O–H groups in total. The first kappa shape index (κ1) is 21.5. The van der Waals surface area contributed by atoms with Gasteiger partial charge in [0.15, 0.2) is 0 Å². The van der Waals surface area contributed by atoms with E-state index >= 15 is 0 Å². The number of rotatable bonds is 7. The maximum absolute atomic E-state index is 14.0. The van der Waals surface area contributed by atoms with Gasteiger partial charge in [-0.1, -0.05) is 30.5 Å². The van der Waals surface area contributed by atoms with Crippen LogP contribution in [0.25, 0.3) is 0 Å². The maximum atomic E-state index is 14.0. The summed E-state index contributed by atoms with van der Waals surface area (Å²) in [5, 5.41) is 3.60. The van der Waals surface area contributed by atoms with Gasteiger partial charge in [0.1, 0.15) is 5.82 Å². The van der Waals surface area contributed by atoms with Crippen molar-refractivity contribution in [3.05, 3.63) is 34.6 Å². The van der Waals surface area contributed by atoms with Gasteiger partial charge in [0.25, 0.3) is 0 Å². The summed E-state index contributed by atoms with van der Waals surface area (Å²) in [5.74, 6) is 0.00162. The van der Waals surface area contributed by atoms with E-state index in [0.29, 0.717) is 17.1 Å². The molecule has 0 atom stereocenters. The molecular formula is C22H33ClFN3O. The zero-order chi connectivity index (χ0) is 19.8. The van der Waals surface area contributed by atoms with E-state index in [-0.39, 0.29) is 17.6 Å². The number of piperidine rings is 1. The molecule has 0 spiro atoms. The average Bonchev–Trinajstić information content (AvgIpc) is 2.97. The summed E-state index contributed by atoms with van der Waals surface area (Å²) in [6.07, 6.45) is 8.00. The predicted molar refractivity (Wildman–Crippen MR) is 112 cm³/mol. The predicted octanol–water partition coefficient (Wildman–Crippen LogP) is 4.07. The number of nitrogens with one attached hydrogen (secondary N) is 1. The molecule has 2 aliphatic heterocycles. The van der Waals surface area contributed by atoms with Gasteiger partial charge in [0, 0.05) is 29.6 Å². The van der Waals surface area contributed by atoms with E-state index < -0.39 is 0 Å². The average molecular weight is 410 g/mol. The summed E-state index contributed by atoms with van der Waals surface area (Å²) in [4.78, 5) is 17.2. The molecule has 2 fully saturated rings. The highest BCUT2D eigenvalue weighted by Crippen LogP contribution is 2.24. The third-order valence-corrected chi connectivity index (χ3v) is 6.40. The van der Waals surface area contributed by atoms with Crippen molar-refractivity contribution in [2.45, 2.75) is 51.5 Å². The molecule has 2 saturated heterocycles. The fourth-order valence-electron chi connectivity index (χ4n) is 4.28. The third kappa shape index (κ3) is 6.43. The second kappa shape index (κ2) is 11.1. The summed E-state index contributed by atoms with van der Waals surface area (Å²) in [6, 6.07) is 4.81. The van der Waals surface area contributed by atoms with Gasteiger partial charge in [-0.2, -0.15) is 0 Å². The van der Waals surface area contributed by atoms with E-state index in [4.69, 9.17) is 11.6 Å². The maximum Gasteiger partial charge on any atom is 0.223 e. The standard InChI is InChI=1S/C22H33ClFN3O/c23-20-7-5-8-21(24)19(20)17-27-15-9-18(10-16-27)22(28)25-11-6-14-26-12-3-1-2-4-13-26/h5,7-8,18H,1-4,6,9-17H2,(H,25,28). The lowest BCUT2D eigenvalue weighted by Crippen LogP contribution is -2.41. The molecule has 0 bridgehead atoms. The molecule has 2 heterocycles. The lowest BCUT2D eigenvalue weighted by Gasteiger charge is -2.31. The molecule has 1 amide bonds. The van der Waals surface area contributed by atoms with Gasteiger partial charge in [-0.25, -0.2) is 4.39 Å². The van der Waals surface area contributed by atoms with Crippen LogP contribution < -0.4 is 5.32 Å². The first-order chi connectivity index (χ1) is 13.6. The molecule has 2 aliphatic rings. The number of halogens is 2. The summed E-state index contributed by atoms with van der Waals surface area (Å²) in [6.45, 7) is 6.38. The van der Waals surface area contributed by atoms with Crippen LogP contribution >= 0.6 is 11.6 Å². The van der Waals surface area contributed by atoms with Crippen molar-refractivity contribution >= 4 is 17.5 Å². The molecule has 0 unspecified atom stereocenters. The van der Waals surface area contributed by atoms with Gasteiger partial charge in [-0.05, 0) is 77.0 Å². The number of likely N-dealkylation sites (tertiary alicyclic amines) is 2. The normalized spacial score (nSPS) is 20.1. The number of benzene rings is 1.